The van der Waals surface area contributed by atoms with E-state index < -0.39 is 0 Å². The molecule has 0 saturated carbocycles. The summed E-state index contributed by atoms with van der Waals surface area (Å²) < 4.78 is 5.98. The monoisotopic (exact) mass is 353 g/mol. The molecule has 1 heterocycles. The predicted octanol–water partition coefficient (Wildman–Crippen LogP) is 5.10. The fourth-order valence-electron chi connectivity index (χ4n) is 2.40. The molecule has 0 atom stereocenters. The number of rotatable bonds is 3. The number of imide groups is 1. The molecule has 1 fully saturated rings. The summed E-state index contributed by atoms with van der Waals surface area (Å²) in [5, 5.41) is 1.90. The number of hydrogen-bond donors (Lipinski definition) is 1. The van der Waals surface area contributed by atoms with Crippen LogP contribution in [-0.2, 0) is 10.2 Å². The first-order valence-electron chi connectivity index (χ1n) is 7.95. The van der Waals surface area contributed by atoms with Crippen molar-refractivity contribution < 1.29 is 14.3 Å². The van der Waals surface area contributed by atoms with Crippen molar-refractivity contribution in [3.8, 4) is 11.5 Å². The molecule has 0 spiro atoms. The van der Waals surface area contributed by atoms with Gasteiger partial charge < -0.3 is 4.74 Å². The summed E-state index contributed by atoms with van der Waals surface area (Å²) in [6, 6.07) is 15.4. The normalized spacial score (nSPS) is 16.2. The van der Waals surface area contributed by atoms with E-state index in [2.05, 4.69) is 38.2 Å². The Labute approximate surface area is 151 Å². The number of ether oxygens (including phenoxy) is 1. The number of amides is 2. The molecule has 1 N–H and O–H groups in total. The van der Waals surface area contributed by atoms with Crippen molar-refractivity contribution in [1.82, 2.24) is 5.32 Å². The number of para-hydroxylation sites is 1. The minimum atomic E-state index is -0.376. The van der Waals surface area contributed by atoms with Crippen molar-refractivity contribution in [3.05, 3.63) is 64.6 Å². The molecular formula is C20H19NO3S. The molecule has 0 radical (unpaired) electrons. The molecule has 2 aromatic carbocycles. The summed E-state index contributed by atoms with van der Waals surface area (Å²) >= 11 is 0.894. The van der Waals surface area contributed by atoms with Crippen molar-refractivity contribution in [1.29, 1.82) is 0 Å². The zero-order chi connectivity index (χ0) is 18.0. The molecular weight excluding hydrogens is 334 g/mol. The molecule has 0 aromatic heterocycles. The molecule has 2 amide bonds. The van der Waals surface area contributed by atoms with Crippen LogP contribution in [0.1, 0.15) is 31.9 Å². The van der Waals surface area contributed by atoms with Crippen LogP contribution in [0.3, 0.4) is 0 Å². The largest absolute Gasteiger partial charge is 0.457 e. The lowest BCUT2D eigenvalue weighted by Gasteiger charge is -2.19. The Kier molecular flexibility index (Phi) is 4.68. The summed E-state index contributed by atoms with van der Waals surface area (Å²) in [4.78, 5) is 23.4. The molecule has 1 saturated heterocycles. The maximum absolute atomic E-state index is 11.7. The lowest BCUT2D eigenvalue weighted by molar-refractivity contribution is -0.115. The van der Waals surface area contributed by atoms with Gasteiger partial charge >= 0.3 is 0 Å². The van der Waals surface area contributed by atoms with E-state index in [9.17, 15) is 9.59 Å². The fourth-order valence-corrected chi connectivity index (χ4v) is 3.08. The minimum Gasteiger partial charge on any atom is -0.457 e. The van der Waals surface area contributed by atoms with Crippen LogP contribution in [0.15, 0.2) is 53.4 Å². The van der Waals surface area contributed by atoms with Crippen LogP contribution in [0.2, 0.25) is 0 Å². The average molecular weight is 353 g/mol. The topological polar surface area (TPSA) is 55.4 Å². The molecule has 0 aliphatic carbocycles. The minimum absolute atomic E-state index is 0.0838. The van der Waals surface area contributed by atoms with Gasteiger partial charge in [-0.2, -0.15) is 0 Å². The van der Waals surface area contributed by atoms with Gasteiger partial charge in [-0.15, -0.1) is 0 Å². The van der Waals surface area contributed by atoms with E-state index >= 15 is 0 Å². The summed E-state index contributed by atoms with van der Waals surface area (Å²) in [5.74, 6) is 0.976. The first-order valence-corrected chi connectivity index (χ1v) is 8.77. The van der Waals surface area contributed by atoms with Crippen LogP contribution in [-0.4, -0.2) is 11.1 Å². The Balaban J connectivity index is 1.86. The third-order valence-corrected chi connectivity index (χ3v) is 4.61. The van der Waals surface area contributed by atoms with Crippen LogP contribution in [0.5, 0.6) is 11.5 Å². The summed E-state index contributed by atoms with van der Waals surface area (Å²) in [5.41, 5.74) is 2.06. The number of carbonyl (C=O) groups excluding carboxylic acids is 2. The number of hydrogen-bond acceptors (Lipinski definition) is 4. The quantitative estimate of drug-likeness (QED) is 0.780. The number of benzene rings is 2. The van der Waals surface area contributed by atoms with Crippen molar-refractivity contribution in [2.45, 2.75) is 26.2 Å². The third-order valence-electron chi connectivity index (χ3n) is 3.80. The Bertz CT molecular complexity index is 848. The smallest absolute Gasteiger partial charge is 0.290 e. The van der Waals surface area contributed by atoms with Gasteiger partial charge in [0.15, 0.2) is 0 Å². The Morgan fingerprint density at radius 3 is 2.28 bits per heavy atom. The van der Waals surface area contributed by atoms with Gasteiger partial charge in [0.25, 0.3) is 11.1 Å². The maximum atomic E-state index is 11.7. The number of thioether (sulfide) groups is 1. The third kappa shape index (κ3) is 4.12. The molecule has 1 aliphatic heterocycles. The molecule has 2 aromatic rings. The van der Waals surface area contributed by atoms with E-state index in [4.69, 9.17) is 4.74 Å². The van der Waals surface area contributed by atoms with Gasteiger partial charge in [-0.3, -0.25) is 14.9 Å². The zero-order valence-corrected chi connectivity index (χ0v) is 15.1. The van der Waals surface area contributed by atoms with Gasteiger partial charge in [0, 0.05) is 5.56 Å². The van der Waals surface area contributed by atoms with Gasteiger partial charge in [-0.1, -0.05) is 51.1 Å². The molecule has 5 heteroatoms. The first kappa shape index (κ1) is 17.3. The highest BCUT2D eigenvalue weighted by Crippen LogP contribution is 2.32. The Morgan fingerprint density at radius 1 is 1.00 bits per heavy atom. The predicted molar refractivity (Wildman–Crippen MR) is 101 cm³/mol. The molecule has 1 aliphatic rings. The second-order valence-corrected chi connectivity index (χ2v) is 7.78. The Morgan fingerprint density at radius 2 is 1.68 bits per heavy atom. The molecule has 3 rings (SSSR count). The standard InChI is InChI=1S/C20H19NO3S/c1-20(2,3)14-8-10-15(11-9-14)24-16-7-5-4-6-13(16)12-17-18(22)21-19(23)25-17/h4-12H,1-3H3,(H,21,22,23). The fraction of sp³-hybridized carbons (Fsp3) is 0.200. The lowest BCUT2D eigenvalue weighted by atomic mass is 9.87. The molecule has 4 nitrogen and oxygen atoms in total. The van der Waals surface area contributed by atoms with Crippen LogP contribution < -0.4 is 10.1 Å². The van der Waals surface area contributed by atoms with Crippen LogP contribution >= 0.6 is 11.8 Å². The van der Waals surface area contributed by atoms with E-state index in [0.29, 0.717) is 10.7 Å². The zero-order valence-electron chi connectivity index (χ0n) is 14.3. The average Bonchev–Trinajstić information content (AvgIpc) is 2.86. The van der Waals surface area contributed by atoms with Gasteiger partial charge in [-0.25, -0.2) is 0 Å². The summed E-state index contributed by atoms with van der Waals surface area (Å²) in [6.45, 7) is 6.49. The summed E-state index contributed by atoms with van der Waals surface area (Å²) in [7, 11) is 0. The van der Waals surface area contributed by atoms with E-state index in [-0.39, 0.29) is 16.6 Å². The highest BCUT2D eigenvalue weighted by atomic mass is 32.2. The summed E-state index contributed by atoms with van der Waals surface area (Å²) in [6.07, 6.45) is 1.67. The van der Waals surface area contributed by atoms with Crippen molar-refractivity contribution in [2.24, 2.45) is 0 Å². The van der Waals surface area contributed by atoms with E-state index in [1.165, 1.54) is 5.56 Å². The van der Waals surface area contributed by atoms with Crippen molar-refractivity contribution in [3.63, 3.8) is 0 Å². The molecule has 0 unspecified atom stereocenters. The van der Waals surface area contributed by atoms with Crippen LogP contribution in [0.25, 0.3) is 6.08 Å². The van der Waals surface area contributed by atoms with Gasteiger partial charge in [-0.05, 0) is 47.0 Å². The molecule has 0 bridgehead atoms. The van der Waals surface area contributed by atoms with Gasteiger partial charge in [0.1, 0.15) is 11.5 Å². The van der Waals surface area contributed by atoms with Crippen LogP contribution in [0, 0.1) is 0 Å². The highest BCUT2D eigenvalue weighted by Gasteiger charge is 2.25. The number of nitrogens with one attached hydrogen (secondary N) is 1. The number of carbonyl (C=O) groups is 2. The Hall–Kier alpha value is -2.53. The maximum Gasteiger partial charge on any atom is 0.290 e. The van der Waals surface area contributed by atoms with E-state index in [1.54, 1.807) is 6.08 Å². The molecule has 128 valence electrons. The first-order chi connectivity index (χ1) is 11.8. The van der Waals surface area contributed by atoms with Gasteiger partial charge in [0.2, 0.25) is 0 Å². The van der Waals surface area contributed by atoms with Crippen LogP contribution in [0.4, 0.5) is 4.79 Å². The van der Waals surface area contributed by atoms with E-state index in [0.717, 1.165) is 23.1 Å². The van der Waals surface area contributed by atoms with E-state index in [1.807, 2.05) is 36.4 Å². The van der Waals surface area contributed by atoms with Crippen molar-refractivity contribution >= 4 is 29.0 Å². The van der Waals surface area contributed by atoms with Gasteiger partial charge in [0.05, 0.1) is 4.91 Å². The molecule has 25 heavy (non-hydrogen) atoms. The lowest BCUT2D eigenvalue weighted by Crippen LogP contribution is -2.17. The second kappa shape index (κ2) is 6.76. The van der Waals surface area contributed by atoms with Crippen molar-refractivity contribution in [2.75, 3.05) is 0 Å². The second-order valence-electron chi connectivity index (χ2n) is 6.77. The highest BCUT2D eigenvalue weighted by molar-refractivity contribution is 8.18. The SMILES string of the molecule is CC(C)(C)c1ccc(Oc2ccccc2C=C2SC(=O)NC2=O)cc1.